The third-order valence-electron chi connectivity index (χ3n) is 3.47. The van der Waals surface area contributed by atoms with Crippen LogP contribution in [0.4, 0.5) is 10.1 Å². The monoisotopic (exact) mass is 300 g/mol. The number of rotatable bonds is 6. The molecule has 0 aliphatic rings. The molecule has 4 heteroatoms. The molecule has 2 aromatic carbocycles. The summed E-state index contributed by atoms with van der Waals surface area (Å²) in [5.41, 5.74) is 3.60. The molecule has 22 heavy (non-hydrogen) atoms. The maximum Gasteiger partial charge on any atom is 0.225 e. The van der Waals surface area contributed by atoms with Crippen LogP contribution in [-0.2, 0) is 11.3 Å². The van der Waals surface area contributed by atoms with Crippen LogP contribution in [0.3, 0.4) is 0 Å². The average Bonchev–Trinajstić information content (AvgIpc) is 2.49. The van der Waals surface area contributed by atoms with Gasteiger partial charge in [0.2, 0.25) is 5.91 Å². The van der Waals surface area contributed by atoms with Crippen molar-refractivity contribution in [3.05, 3.63) is 65.0 Å². The number of anilines is 1. The fourth-order valence-electron chi connectivity index (χ4n) is 2.15. The molecule has 2 N–H and O–H groups in total. The van der Waals surface area contributed by atoms with Crippen molar-refractivity contribution in [3.8, 4) is 0 Å². The minimum atomic E-state index is -0.227. The Morgan fingerprint density at radius 3 is 2.68 bits per heavy atom. The van der Waals surface area contributed by atoms with Crippen molar-refractivity contribution in [1.29, 1.82) is 0 Å². The molecule has 2 aromatic rings. The van der Waals surface area contributed by atoms with Gasteiger partial charge in [-0.15, -0.1) is 0 Å². The lowest BCUT2D eigenvalue weighted by Crippen LogP contribution is -2.22. The molecule has 0 heterocycles. The Morgan fingerprint density at radius 2 is 1.91 bits per heavy atom. The van der Waals surface area contributed by atoms with Gasteiger partial charge in [0.05, 0.1) is 0 Å². The number of carbonyl (C=O) groups excluding carboxylic acids is 1. The molecule has 3 nitrogen and oxygen atoms in total. The highest BCUT2D eigenvalue weighted by atomic mass is 19.1. The molecule has 0 saturated heterocycles. The predicted octanol–water partition coefficient (Wildman–Crippen LogP) is 3.56. The Morgan fingerprint density at radius 1 is 1.14 bits per heavy atom. The number of hydrogen-bond donors (Lipinski definition) is 2. The Labute approximate surface area is 130 Å². The molecule has 1 amide bonds. The summed E-state index contributed by atoms with van der Waals surface area (Å²) in [5.74, 6) is -0.274. The van der Waals surface area contributed by atoms with Crippen molar-refractivity contribution >= 4 is 11.6 Å². The molecule has 0 spiro atoms. The van der Waals surface area contributed by atoms with E-state index in [0.29, 0.717) is 25.1 Å². The summed E-state index contributed by atoms with van der Waals surface area (Å²) >= 11 is 0. The highest BCUT2D eigenvalue weighted by Crippen LogP contribution is 2.16. The van der Waals surface area contributed by atoms with Gasteiger partial charge >= 0.3 is 0 Å². The van der Waals surface area contributed by atoms with E-state index in [2.05, 4.69) is 10.6 Å². The maximum atomic E-state index is 13.4. The first kappa shape index (κ1) is 16.2. The van der Waals surface area contributed by atoms with E-state index in [1.54, 1.807) is 18.2 Å². The lowest BCUT2D eigenvalue weighted by atomic mass is 10.1. The molecule has 0 aliphatic carbocycles. The molecule has 0 atom stereocenters. The second kappa shape index (κ2) is 7.71. The summed E-state index contributed by atoms with van der Waals surface area (Å²) in [5, 5.41) is 5.99. The molecule has 0 aromatic heterocycles. The molecule has 0 aliphatic heterocycles. The summed E-state index contributed by atoms with van der Waals surface area (Å²) in [6.45, 7) is 4.88. The minimum Gasteiger partial charge on any atom is -0.326 e. The Bertz CT molecular complexity index is 655. The largest absolute Gasteiger partial charge is 0.326 e. The molecule has 0 radical (unpaired) electrons. The number of benzene rings is 2. The number of aryl methyl sites for hydroxylation is 2. The van der Waals surface area contributed by atoms with Crippen LogP contribution in [0.2, 0.25) is 0 Å². The van der Waals surface area contributed by atoms with Crippen molar-refractivity contribution in [2.45, 2.75) is 26.8 Å². The summed E-state index contributed by atoms with van der Waals surface area (Å²) in [7, 11) is 0. The van der Waals surface area contributed by atoms with Crippen molar-refractivity contribution in [2.24, 2.45) is 0 Å². The topological polar surface area (TPSA) is 41.1 Å². The first-order chi connectivity index (χ1) is 10.6. The van der Waals surface area contributed by atoms with Crippen LogP contribution in [0.5, 0.6) is 0 Å². The van der Waals surface area contributed by atoms with E-state index in [0.717, 1.165) is 16.8 Å². The van der Waals surface area contributed by atoms with Gasteiger partial charge in [0.25, 0.3) is 0 Å². The van der Waals surface area contributed by atoms with Crippen molar-refractivity contribution in [3.63, 3.8) is 0 Å². The fraction of sp³-hybridized carbons (Fsp3) is 0.278. The van der Waals surface area contributed by atoms with Crippen LogP contribution < -0.4 is 10.6 Å². The van der Waals surface area contributed by atoms with Crippen LogP contribution in [-0.4, -0.2) is 12.5 Å². The normalized spacial score (nSPS) is 10.5. The third kappa shape index (κ3) is 4.67. The van der Waals surface area contributed by atoms with Crippen LogP contribution >= 0.6 is 0 Å². The molecular formula is C18H21FN2O. The van der Waals surface area contributed by atoms with Crippen LogP contribution in [0, 0.1) is 19.7 Å². The smallest absolute Gasteiger partial charge is 0.225 e. The van der Waals surface area contributed by atoms with E-state index in [4.69, 9.17) is 0 Å². The second-order valence-electron chi connectivity index (χ2n) is 5.38. The maximum absolute atomic E-state index is 13.4. The van der Waals surface area contributed by atoms with Gasteiger partial charge < -0.3 is 10.6 Å². The molecule has 116 valence electrons. The van der Waals surface area contributed by atoms with Gasteiger partial charge in [-0.1, -0.05) is 30.3 Å². The van der Waals surface area contributed by atoms with Crippen LogP contribution in [0.15, 0.2) is 42.5 Å². The predicted molar refractivity (Wildman–Crippen MR) is 87.3 cm³/mol. The van der Waals surface area contributed by atoms with Crippen molar-refractivity contribution in [2.75, 3.05) is 11.9 Å². The summed E-state index contributed by atoms with van der Waals surface area (Å²) in [4.78, 5) is 11.9. The van der Waals surface area contributed by atoms with Gasteiger partial charge in [-0.2, -0.15) is 0 Å². The van der Waals surface area contributed by atoms with E-state index in [9.17, 15) is 9.18 Å². The lowest BCUT2D eigenvalue weighted by molar-refractivity contribution is -0.116. The standard InChI is InChI=1S/C18H21FN2O/c1-13-7-8-14(2)17(11-13)21-18(22)9-10-20-12-15-5-3-4-6-16(15)19/h3-8,11,20H,9-10,12H2,1-2H3,(H,21,22). The van der Waals surface area contributed by atoms with E-state index in [-0.39, 0.29) is 11.7 Å². The number of nitrogens with one attached hydrogen (secondary N) is 2. The number of amides is 1. The zero-order valence-electron chi connectivity index (χ0n) is 12.9. The molecule has 0 unspecified atom stereocenters. The third-order valence-corrected chi connectivity index (χ3v) is 3.47. The molecule has 0 fully saturated rings. The fourth-order valence-corrected chi connectivity index (χ4v) is 2.15. The summed E-state index contributed by atoms with van der Waals surface area (Å²) < 4.78 is 13.4. The SMILES string of the molecule is Cc1ccc(C)c(NC(=O)CCNCc2ccccc2F)c1. The van der Waals surface area contributed by atoms with Crippen molar-refractivity contribution in [1.82, 2.24) is 5.32 Å². The van der Waals surface area contributed by atoms with Crippen LogP contribution in [0.25, 0.3) is 0 Å². The molecule has 0 bridgehead atoms. The zero-order valence-corrected chi connectivity index (χ0v) is 12.9. The highest BCUT2D eigenvalue weighted by Gasteiger charge is 2.05. The average molecular weight is 300 g/mol. The van der Waals surface area contributed by atoms with Crippen molar-refractivity contribution < 1.29 is 9.18 Å². The van der Waals surface area contributed by atoms with E-state index in [1.807, 2.05) is 32.0 Å². The highest BCUT2D eigenvalue weighted by molar-refractivity contribution is 5.91. The number of carbonyl (C=O) groups is 1. The van der Waals surface area contributed by atoms with E-state index >= 15 is 0 Å². The number of hydrogen-bond acceptors (Lipinski definition) is 2. The minimum absolute atomic E-state index is 0.0465. The van der Waals surface area contributed by atoms with Gasteiger partial charge in [0.1, 0.15) is 5.82 Å². The van der Waals surface area contributed by atoms with Gasteiger partial charge in [-0.05, 0) is 37.1 Å². The van der Waals surface area contributed by atoms with E-state index < -0.39 is 0 Å². The molecular weight excluding hydrogens is 279 g/mol. The Balaban J connectivity index is 1.76. The summed E-state index contributed by atoms with van der Waals surface area (Å²) in [6.07, 6.45) is 0.349. The van der Waals surface area contributed by atoms with Crippen LogP contribution in [0.1, 0.15) is 23.1 Å². The number of halogens is 1. The first-order valence-corrected chi connectivity index (χ1v) is 7.37. The van der Waals surface area contributed by atoms with Gasteiger partial charge in [0.15, 0.2) is 0 Å². The van der Waals surface area contributed by atoms with E-state index in [1.165, 1.54) is 6.07 Å². The Kier molecular flexibility index (Phi) is 5.67. The summed E-state index contributed by atoms with van der Waals surface area (Å²) in [6, 6.07) is 12.6. The Hall–Kier alpha value is -2.20. The molecule has 2 rings (SSSR count). The second-order valence-corrected chi connectivity index (χ2v) is 5.38. The first-order valence-electron chi connectivity index (χ1n) is 7.37. The van der Waals surface area contributed by atoms with Gasteiger partial charge in [-0.25, -0.2) is 4.39 Å². The van der Waals surface area contributed by atoms with Gasteiger partial charge in [-0.3, -0.25) is 4.79 Å². The zero-order chi connectivity index (χ0) is 15.9. The molecule has 0 saturated carbocycles. The lowest BCUT2D eigenvalue weighted by Gasteiger charge is -2.10. The quantitative estimate of drug-likeness (QED) is 0.801. The van der Waals surface area contributed by atoms with Gasteiger partial charge in [0, 0.05) is 30.8 Å².